The predicted molar refractivity (Wildman–Crippen MR) is 73.5 cm³/mol. The van der Waals surface area contributed by atoms with Crippen LogP contribution < -0.4 is 5.32 Å². The second kappa shape index (κ2) is 8.06. The fourth-order valence-corrected chi connectivity index (χ4v) is 1.74. The Kier molecular flexibility index (Phi) is 6.43. The van der Waals surface area contributed by atoms with Crippen molar-refractivity contribution in [3.05, 3.63) is 12.2 Å². The van der Waals surface area contributed by atoms with Crippen molar-refractivity contribution in [1.82, 2.24) is 10.4 Å². The van der Waals surface area contributed by atoms with Crippen LogP contribution in [0.5, 0.6) is 0 Å². The summed E-state index contributed by atoms with van der Waals surface area (Å²) in [7, 11) is 0. The fourth-order valence-electron chi connectivity index (χ4n) is 1.74. The minimum Gasteiger partial charge on any atom is -0.330 e. The molecule has 0 aromatic rings. The van der Waals surface area contributed by atoms with Crippen LogP contribution in [0.15, 0.2) is 12.2 Å². The maximum absolute atomic E-state index is 11.4. The molecule has 0 spiro atoms. The number of nitrogens with one attached hydrogen (secondary N) is 1. The van der Waals surface area contributed by atoms with Crippen molar-refractivity contribution < 1.29 is 28.8 Å². The number of carbonyl (C=O) groups excluding carboxylic acids is 5. The van der Waals surface area contributed by atoms with Crippen molar-refractivity contribution >= 4 is 29.6 Å². The molecule has 1 saturated heterocycles. The SMILES string of the molecule is CCCC(C)C(=O)ON1C(=O)CCC1=O.O=C1C=CC(=O)N1. The third-order valence-corrected chi connectivity index (χ3v) is 2.94. The van der Waals surface area contributed by atoms with Gasteiger partial charge in [0, 0.05) is 25.0 Å². The summed E-state index contributed by atoms with van der Waals surface area (Å²) in [5.41, 5.74) is 0. The molecule has 22 heavy (non-hydrogen) atoms. The predicted octanol–water partition coefficient (Wildman–Crippen LogP) is 0.229. The van der Waals surface area contributed by atoms with Crippen LogP contribution in [0.25, 0.3) is 0 Å². The molecule has 2 aliphatic heterocycles. The molecular weight excluding hydrogens is 292 g/mol. The van der Waals surface area contributed by atoms with Gasteiger partial charge in [-0.2, -0.15) is 0 Å². The van der Waals surface area contributed by atoms with Crippen LogP contribution in [0, 0.1) is 5.92 Å². The first-order valence-electron chi connectivity index (χ1n) is 6.95. The molecule has 0 radical (unpaired) electrons. The summed E-state index contributed by atoms with van der Waals surface area (Å²) in [5, 5.41) is 2.62. The van der Waals surface area contributed by atoms with E-state index in [-0.39, 0.29) is 30.6 Å². The van der Waals surface area contributed by atoms with Crippen molar-refractivity contribution in [2.24, 2.45) is 5.92 Å². The van der Waals surface area contributed by atoms with Gasteiger partial charge >= 0.3 is 5.97 Å². The van der Waals surface area contributed by atoms with E-state index in [0.29, 0.717) is 11.5 Å². The van der Waals surface area contributed by atoms with Gasteiger partial charge in [-0.1, -0.05) is 20.3 Å². The second-order valence-corrected chi connectivity index (χ2v) is 4.87. The van der Waals surface area contributed by atoms with Gasteiger partial charge in [0.25, 0.3) is 23.6 Å². The Labute approximate surface area is 127 Å². The van der Waals surface area contributed by atoms with E-state index in [9.17, 15) is 24.0 Å². The number of amides is 4. The molecule has 1 fully saturated rings. The van der Waals surface area contributed by atoms with E-state index >= 15 is 0 Å². The minimum absolute atomic E-state index is 0.133. The summed E-state index contributed by atoms with van der Waals surface area (Å²) in [6.07, 6.45) is 4.21. The van der Waals surface area contributed by atoms with Crippen LogP contribution in [0.4, 0.5) is 0 Å². The molecule has 2 aliphatic rings. The Hall–Kier alpha value is -2.51. The van der Waals surface area contributed by atoms with Gasteiger partial charge in [0.1, 0.15) is 0 Å². The monoisotopic (exact) mass is 310 g/mol. The summed E-state index contributed by atoms with van der Waals surface area (Å²) in [4.78, 5) is 58.5. The zero-order chi connectivity index (χ0) is 16.7. The number of carbonyl (C=O) groups is 5. The van der Waals surface area contributed by atoms with Crippen LogP contribution in [0.1, 0.15) is 39.5 Å². The van der Waals surface area contributed by atoms with E-state index in [1.165, 1.54) is 12.2 Å². The Balaban J connectivity index is 0.000000287. The van der Waals surface area contributed by atoms with Crippen LogP contribution in [0.3, 0.4) is 0 Å². The average Bonchev–Trinajstić information content (AvgIpc) is 2.99. The molecule has 8 nitrogen and oxygen atoms in total. The molecule has 0 aromatic heterocycles. The molecule has 1 N–H and O–H groups in total. The summed E-state index contributed by atoms with van der Waals surface area (Å²) in [5.74, 6) is -2.32. The van der Waals surface area contributed by atoms with Gasteiger partial charge < -0.3 is 4.84 Å². The third-order valence-electron chi connectivity index (χ3n) is 2.94. The largest absolute Gasteiger partial charge is 0.335 e. The molecule has 4 amide bonds. The zero-order valence-electron chi connectivity index (χ0n) is 12.5. The Bertz CT molecular complexity index is 493. The number of rotatable bonds is 4. The highest BCUT2D eigenvalue weighted by Crippen LogP contribution is 2.15. The van der Waals surface area contributed by atoms with Crippen molar-refractivity contribution in [2.45, 2.75) is 39.5 Å². The van der Waals surface area contributed by atoms with E-state index in [1.54, 1.807) is 6.92 Å². The number of hydrogen-bond donors (Lipinski definition) is 1. The van der Waals surface area contributed by atoms with Crippen LogP contribution in [-0.2, 0) is 28.8 Å². The summed E-state index contributed by atoms with van der Waals surface area (Å²) in [6, 6.07) is 0. The molecule has 2 heterocycles. The molecule has 0 aliphatic carbocycles. The Morgan fingerprint density at radius 2 is 1.68 bits per heavy atom. The molecular formula is C14H18N2O6. The zero-order valence-corrected chi connectivity index (χ0v) is 12.5. The summed E-state index contributed by atoms with van der Waals surface area (Å²) < 4.78 is 0. The van der Waals surface area contributed by atoms with E-state index in [2.05, 4.69) is 0 Å². The van der Waals surface area contributed by atoms with Crippen LogP contribution in [0.2, 0.25) is 0 Å². The number of imide groups is 2. The van der Waals surface area contributed by atoms with Crippen LogP contribution >= 0.6 is 0 Å². The highest BCUT2D eigenvalue weighted by molar-refractivity contribution is 6.12. The average molecular weight is 310 g/mol. The van der Waals surface area contributed by atoms with Crippen molar-refractivity contribution in [3.8, 4) is 0 Å². The van der Waals surface area contributed by atoms with Gasteiger partial charge in [-0.05, 0) is 6.42 Å². The molecule has 2 rings (SSSR count). The van der Waals surface area contributed by atoms with Crippen molar-refractivity contribution in [3.63, 3.8) is 0 Å². The lowest BCUT2D eigenvalue weighted by molar-refractivity contribution is -0.200. The number of nitrogens with zero attached hydrogens (tertiary/aromatic N) is 1. The quantitative estimate of drug-likeness (QED) is 0.744. The molecule has 8 heteroatoms. The highest BCUT2D eigenvalue weighted by atomic mass is 16.7. The standard InChI is InChI=1S/C10H15NO4.C4H3NO2/c1-3-4-7(2)10(14)15-11-8(12)5-6-9(11)13;6-3-1-2-4(7)5-3/h7H,3-6H2,1-2H3;1-2H,(H,5,6,7). The maximum atomic E-state index is 11.4. The molecule has 1 atom stereocenters. The van der Waals surface area contributed by atoms with E-state index < -0.39 is 17.8 Å². The van der Waals surface area contributed by atoms with Crippen LogP contribution in [-0.4, -0.2) is 34.7 Å². The number of hydroxylamine groups is 2. The first-order valence-corrected chi connectivity index (χ1v) is 6.95. The summed E-state index contributed by atoms with van der Waals surface area (Å²) in [6.45, 7) is 3.67. The normalized spacial score (nSPS) is 18.0. The number of hydrogen-bond acceptors (Lipinski definition) is 6. The van der Waals surface area contributed by atoms with Crippen molar-refractivity contribution in [1.29, 1.82) is 0 Å². The third kappa shape index (κ3) is 5.12. The van der Waals surface area contributed by atoms with Gasteiger partial charge in [0.05, 0.1) is 5.92 Å². The lowest BCUT2D eigenvalue weighted by Gasteiger charge is -2.15. The van der Waals surface area contributed by atoms with Gasteiger partial charge in [-0.25, -0.2) is 4.79 Å². The molecule has 0 saturated carbocycles. The lowest BCUT2D eigenvalue weighted by atomic mass is 10.1. The highest BCUT2D eigenvalue weighted by Gasteiger charge is 2.33. The smallest absolute Gasteiger partial charge is 0.330 e. The fraction of sp³-hybridized carbons (Fsp3) is 0.500. The second-order valence-electron chi connectivity index (χ2n) is 4.87. The first kappa shape index (κ1) is 17.5. The topological polar surface area (TPSA) is 110 Å². The van der Waals surface area contributed by atoms with Gasteiger partial charge in [-0.15, -0.1) is 5.06 Å². The Morgan fingerprint density at radius 1 is 1.18 bits per heavy atom. The van der Waals surface area contributed by atoms with Gasteiger partial charge in [0.15, 0.2) is 0 Å². The van der Waals surface area contributed by atoms with Gasteiger partial charge in [-0.3, -0.25) is 24.5 Å². The van der Waals surface area contributed by atoms with Gasteiger partial charge in [0.2, 0.25) is 0 Å². The van der Waals surface area contributed by atoms with E-state index in [0.717, 1.165) is 6.42 Å². The van der Waals surface area contributed by atoms with E-state index in [4.69, 9.17) is 4.84 Å². The van der Waals surface area contributed by atoms with E-state index in [1.807, 2.05) is 12.2 Å². The van der Waals surface area contributed by atoms with Crippen molar-refractivity contribution in [2.75, 3.05) is 0 Å². The molecule has 120 valence electrons. The molecule has 0 bridgehead atoms. The summed E-state index contributed by atoms with van der Waals surface area (Å²) >= 11 is 0. The molecule has 1 unspecified atom stereocenters. The lowest BCUT2D eigenvalue weighted by Crippen LogP contribution is -2.34. The first-order chi connectivity index (χ1) is 10.3. The molecule has 0 aromatic carbocycles. The maximum Gasteiger partial charge on any atom is 0.335 e. The minimum atomic E-state index is -0.513. The Morgan fingerprint density at radius 3 is 2.05 bits per heavy atom.